The molecule has 2 N–H and O–H groups in total. The number of likely N-dealkylation sites (tertiary alicyclic amines) is 2. The van der Waals surface area contributed by atoms with Gasteiger partial charge in [-0.3, -0.25) is 0 Å². The third-order valence-electron chi connectivity index (χ3n) is 10.1. The van der Waals surface area contributed by atoms with Gasteiger partial charge < -0.3 is 44.1 Å². The Morgan fingerprint density at radius 1 is 0.442 bits per heavy atom. The fourth-order valence-corrected chi connectivity index (χ4v) is 7.53. The molecule has 6 heteroatoms. The topological polar surface area (TPSA) is 27.3 Å². The summed E-state index contributed by atoms with van der Waals surface area (Å²) >= 11 is 0. The van der Waals surface area contributed by atoms with Gasteiger partial charge in [0.2, 0.25) is 0 Å². The zero-order chi connectivity index (χ0) is 29.1. The SMILES string of the molecule is CCCCCCCCCCCCOCC(CCCCCCCOCCCCCC)(C[NH+]1CCCC1)C[NH+]1CCCC1.[Cl-].[Cl-]. The molecule has 2 saturated heterocycles. The molecular formula is C37H76Cl2N2O2. The molecule has 0 saturated carbocycles. The predicted molar refractivity (Wildman–Crippen MR) is 177 cm³/mol. The van der Waals surface area contributed by atoms with Crippen molar-refractivity contribution < 1.29 is 44.1 Å². The Morgan fingerprint density at radius 2 is 0.791 bits per heavy atom. The second-order valence-electron chi connectivity index (χ2n) is 14.2. The van der Waals surface area contributed by atoms with Crippen LogP contribution in [0.25, 0.3) is 0 Å². The van der Waals surface area contributed by atoms with E-state index in [0.717, 1.165) is 26.4 Å². The largest absolute Gasteiger partial charge is 1.00 e. The Morgan fingerprint density at radius 3 is 1.23 bits per heavy atom. The molecule has 0 radical (unpaired) electrons. The number of ether oxygens (including phenoxy) is 2. The Bertz CT molecular complexity index is 509. The lowest BCUT2D eigenvalue weighted by Gasteiger charge is -2.36. The number of unbranched alkanes of at least 4 members (excludes halogenated alkanes) is 16. The highest BCUT2D eigenvalue weighted by molar-refractivity contribution is 4.79. The summed E-state index contributed by atoms with van der Waals surface area (Å²) < 4.78 is 12.5. The fourth-order valence-electron chi connectivity index (χ4n) is 7.53. The molecule has 0 aliphatic carbocycles. The summed E-state index contributed by atoms with van der Waals surface area (Å²) in [4.78, 5) is 3.75. The van der Waals surface area contributed by atoms with Crippen LogP contribution < -0.4 is 34.6 Å². The fraction of sp³-hybridized carbons (Fsp3) is 1.00. The van der Waals surface area contributed by atoms with Crippen molar-refractivity contribution in [3.8, 4) is 0 Å². The summed E-state index contributed by atoms with van der Waals surface area (Å²) in [5.41, 5.74) is 0.388. The van der Waals surface area contributed by atoms with Gasteiger partial charge in [-0.1, -0.05) is 117 Å². The van der Waals surface area contributed by atoms with Crippen LogP contribution in [0.3, 0.4) is 0 Å². The quantitative estimate of drug-likeness (QED) is 0.114. The maximum absolute atomic E-state index is 6.61. The van der Waals surface area contributed by atoms with Crippen LogP contribution in [-0.2, 0) is 9.47 Å². The summed E-state index contributed by atoms with van der Waals surface area (Å²) in [6.45, 7) is 16.8. The number of hydrogen-bond acceptors (Lipinski definition) is 2. The van der Waals surface area contributed by atoms with Gasteiger partial charge in [-0.05, 0) is 25.7 Å². The molecule has 2 fully saturated rings. The Hall–Kier alpha value is 0.420. The van der Waals surface area contributed by atoms with Gasteiger partial charge in [-0.2, -0.15) is 0 Å². The summed E-state index contributed by atoms with van der Waals surface area (Å²) in [6, 6.07) is 0. The Kier molecular flexibility index (Phi) is 31.3. The van der Waals surface area contributed by atoms with Crippen LogP contribution in [0.15, 0.2) is 0 Å². The van der Waals surface area contributed by atoms with Gasteiger partial charge in [0.25, 0.3) is 0 Å². The molecule has 2 rings (SSSR count). The summed E-state index contributed by atoms with van der Waals surface area (Å²) in [5.74, 6) is 0. The van der Waals surface area contributed by atoms with Crippen molar-refractivity contribution >= 4 is 0 Å². The van der Waals surface area contributed by atoms with Crippen molar-refractivity contribution in [2.45, 2.75) is 168 Å². The average Bonchev–Trinajstić information content (AvgIpc) is 3.69. The smallest absolute Gasteiger partial charge is 0.0914 e. The van der Waals surface area contributed by atoms with Crippen molar-refractivity contribution in [1.82, 2.24) is 0 Å². The van der Waals surface area contributed by atoms with Crippen molar-refractivity contribution in [3.05, 3.63) is 0 Å². The second-order valence-corrected chi connectivity index (χ2v) is 14.2. The molecule has 0 spiro atoms. The van der Waals surface area contributed by atoms with Crippen LogP contribution in [0.2, 0.25) is 0 Å². The van der Waals surface area contributed by atoms with E-state index in [9.17, 15) is 0 Å². The first kappa shape index (κ1) is 43.4. The maximum Gasteiger partial charge on any atom is 0.0914 e. The number of nitrogens with one attached hydrogen (secondary N) is 2. The van der Waals surface area contributed by atoms with Gasteiger partial charge in [0.15, 0.2) is 0 Å². The first-order chi connectivity index (χ1) is 20.3. The highest BCUT2D eigenvalue weighted by atomic mass is 35.5. The Labute approximate surface area is 282 Å². The average molecular weight is 652 g/mol. The minimum absolute atomic E-state index is 0. The van der Waals surface area contributed by atoms with E-state index in [4.69, 9.17) is 9.47 Å². The molecule has 0 atom stereocenters. The molecular weight excluding hydrogens is 575 g/mol. The predicted octanol–water partition coefficient (Wildman–Crippen LogP) is 1.21. The molecule has 0 bridgehead atoms. The van der Waals surface area contributed by atoms with Gasteiger partial charge in [0.05, 0.1) is 51.3 Å². The maximum atomic E-state index is 6.61. The third-order valence-corrected chi connectivity index (χ3v) is 10.1. The van der Waals surface area contributed by atoms with E-state index < -0.39 is 0 Å². The summed E-state index contributed by atoms with van der Waals surface area (Å²) in [7, 11) is 0. The van der Waals surface area contributed by atoms with Crippen molar-refractivity contribution in [1.29, 1.82) is 0 Å². The number of quaternary nitrogens is 2. The lowest BCUT2D eigenvalue weighted by atomic mass is 9.81. The van der Waals surface area contributed by atoms with E-state index in [-0.39, 0.29) is 24.8 Å². The number of hydrogen-bond donors (Lipinski definition) is 2. The van der Waals surface area contributed by atoms with Crippen molar-refractivity contribution in [3.63, 3.8) is 0 Å². The van der Waals surface area contributed by atoms with Gasteiger partial charge >= 0.3 is 0 Å². The van der Waals surface area contributed by atoms with Crippen LogP contribution in [0.4, 0.5) is 0 Å². The van der Waals surface area contributed by atoms with E-state index in [0.29, 0.717) is 5.41 Å². The van der Waals surface area contributed by atoms with Crippen molar-refractivity contribution in [2.75, 3.05) is 65.7 Å². The highest BCUT2D eigenvalue weighted by Crippen LogP contribution is 2.25. The van der Waals surface area contributed by atoms with Gasteiger partial charge in [0.1, 0.15) is 0 Å². The van der Waals surface area contributed by atoms with E-state index in [2.05, 4.69) is 13.8 Å². The third kappa shape index (κ3) is 23.4. The molecule has 43 heavy (non-hydrogen) atoms. The minimum Gasteiger partial charge on any atom is -1.00 e. The molecule has 2 aliphatic heterocycles. The zero-order valence-electron chi connectivity index (χ0n) is 29.1. The normalized spacial score (nSPS) is 16.0. The molecule has 0 aromatic carbocycles. The van der Waals surface area contributed by atoms with E-state index in [1.165, 1.54) is 193 Å². The van der Waals surface area contributed by atoms with Gasteiger partial charge in [-0.25, -0.2) is 0 Å². The number of halogens is 2. The van der Waals surface area contributed by atoms with E-state index >= 15 is 0 Å². The van der Waals surface area contributed by atoms with E-state index in [1.807, 2.05) is 9.80 Å². The standard InChI is InChI=1S/C37H74N2O2.2ClH/c1-3-5-7-9-10-11-12-13-16-25-33-41-36-37(34-38-27-19-20-28-38,35-39-29-21-22-30-39)26-18-15-14-17-24-32-40-31-23-8-6-4-2;;/h3-36H2,1-2H3;2*1H. The first-order valence-corrected chi connectivity index (χ1v) is 19.1. The number of rotatable bonds is 30. The van der Waals surface area contributed by atoms with Crippen LogP contribution in [0.5, 0.6) is 0 Å². The van der Waals surface area contributed by atoms with Gasteiger partial charge in [0, 0.05) is 45.5 Å². The second kappa shape index (κ2) is 31.0. The molecule has 0 aromatic rings. The lowest BCUT2D eigenvalue weighted by molar-refractivity contribution is -0.920. The van der Waals surface area contributed by atoms with Crippen LogP contribution in [-0.4, -0.2) is 65.7 Å². The summed E-state index contributed by atoms with van der Waals surface area (Å²) in [6.07, 6.45) is 33.1. The van der Waals surface area contributed by atoms with Crippen LogP contribution >= 0.6 is 0 Å². The molecule has 2 heterocycles. The lowest BCUT2D eigenvalue weighted by Crippen LogP contribution is -3.15. The van der Waals surface area contributed by atoms with Crippen LogP contribution in [0.1, 0.15) is 168 Å². The molecule has 0 unspecified atom stereocenters. The van der Waals surface area contributed by atoms with E-state index in [1.54, 1.807) is 0 Å². The highest BCUT2D eigenvalue weighted by Gasteiger charge is 2.40. The Balaban J connectivity index is 0.00000882. The summed E-state index contributed by atoms with van der Waals surface area (Å²) in [5, 5.41) is 0. The molecule has 4 nitrogen and oxygen atoms in total. The van der Waals surface area contributed by atoms with Crippen LogP contribution in [0, 0.1) is 5.41 Å². The molecule has 0 amide bonds. The molecule has 260 valence electrons. The minimum atomic E-state index is 0. The molecule has 0 aromatic heterocycles. The monoisotopic (exact) mass is 651 g/mol. The zero-order valence-corrected chi connectivity index (χ0v) is 30.6. The van der Waals surface area contributed by atoms with Crippen molar-refractivity contribution in [2.24, 2.45) is 5.41 Å². The molecule has 2 aliphatic rings. The first-order valence-electron chi connectivity index (χ1n) is 19.1. The van der Waals surface area contributed by atoms with Gasteiger partial charge in [-0.15, -0.1) is 0 Å².